The second kappa shape index (κ2) is 3.52. The molecular formula is C8H8N4O3. The van der Waals surface area contributed by atoms with Crippen molar-refractivity contribution in [1.82, 2.24) is 20.2 Å². The van der Waals surface area contributed by atoms with Gasteiger partial charge in [-0.05, 0) is 6.92 Å². The van der Waals surface area contributed by atoms with E-state index in [4.69, 9.17) is 9.63 Å². The highest BCUT2D eigenvalue weighted by Crippen LogP contribution is 2.03. The smallest absolute Gasteiger partial charge is 0.358 e. The molecule has 0 saturated carbocycles. The van der Waals surface area contributed by atoms with Crippen LogP contribution in [0.3, 0.4) is 0 Å². The number of hydrogen-bond donors (Lipinski definition) is 1. The van der Waals surface area contributed by atoms with Crippen LogP contribution in [0.1, 0.15) is 21.9 Å². The maximum Gasteiger partial charge on any atom is 0.358 e. The van der Waals surface area contributed by atoms with Crippen molar-refractivity contribution in [1.29, 1.82) is 0 Å². The van der Waals surface area contributed by atoms with Gasteiger partial charge in [0.25, 0.3) is 0 Å². The Morgan fingerprint density at radius 2 is 2.47 bits per heavy atom. The van der Waals surface area contributed by atoms with Gasteiger partial charge in [0, 0.05) is 6.07 Å². The molecule has 0 fully saturated rings. The molecule has 0 aliphatic carbocycles. The number of rotatable bonds is 3. The largest absolute Gasteiger partial charge is 0.476 e. The van der Waals surface area contributed by atoms with Gasteiger partial charge in [-0.3, -0.25) is 0 Å². The second-order valence-electron chi connectivity index (χ2n) is 3.04. The van der Waals surface area contributed by atoms with Crippen molar-refractivity contribution in [2.45, 2.75) is 13.5 Å². The van der Waals surface area contributed by atoms with Crippen LogP contribution in [-0.4, -0.2) is 31.2 Å². The average Bonchev–Trinajstić information content (AvgIpc) is 2.76. The summed E-state index contributed by atoms with van der Waals surface area (Å²) in [6.07, 6.45) is 1.34. The van der Waals surface area contributed by atoms with E-state index < -0.39 is 5.97 Å². The summed E-state index contributed by atoms with van der Waals surface area (Å²) in [4.78, 5) is 10.5. The zero-order chi connectivity index (χ0) is 10.8. The summed E-state index contributed by atoms with van der Waals surface area (Å²) >= 11 is 0. The highest BCUT2D eigenvalue weighted by atomic mass is 16.5. The monoisotopic (exact) mass is 208 g/mol. The van der Waals surface area contributed by atoms with E-state index in [1.807, 2.05) is 0 Å². The van der Waals surface area contributed by atoms with E-state index in [2.05, 4.69) is 15.5 Å². The Balaban J connectivity index is 2.14. The maximum atomic E-state index is 10.5. The summed E-state index contributed by atoms with van der Waals surface area (Å²) in [5.41, 5.74) is 0.588. The van der Waals surface area contributed by atoms with E-state index in [-0.39, 0.29) is 5.69 Å². The molecule has 7 heteroatoms. The summed E-state index contributed by atoms with van der Waals surface area (Å²) < 4.78 is 6.25. The number of carboxylic acid groups (broad SMARTS) is 1. The van der Waals surface area contributed by atoms with Gasteiger partial charge in [0.15, 0.2) is 5.69 Å². The number of aromatic nitrogens is 4. The van der Waals surface area contributed by atoms with E-state index in [9.17, 15) is 4.79 Å². The SMILES string of the molecule is Cc1cc(Cn2cc(C(=O)O)nn2)no1. The Bertz CT molecular complexity index is 488. The van der Waals surface area contributed by atoms with Crippen molar-refractivity contribution in [2.75, 3.05) is 0 Å². The zero-order valence-electron chi connectivity index (χ0n) is 7.91. The number of hydrogen-bond acceptors (Lipinski definition) is 5. The van der Waals surface area contributed by atoms with E-state index in [1.54, 1.807) is 13.0 Å². The van der Waals surface area contributed by atoms with E-state index in [0.717, 1.165) is 0 Å². The van der Waals surface area contributed by atoms with Crippen LogP contribution in [0.2, 0.25) is 0 Å². The maximum absolute atomic E-state index is 10.5. The van der Waals surface area contributed by atoms with Crippen LogP contribution in [0.5, 0.6) is 0 Å². The fraction of sp³-hybridized carbons (Fsp3) is 0.250. The fourth-order valence-corrected chi connectivity index (χ4v) is 1.13. The van der Waals surface area contributed by atoms with Crippen molar-refractivity contribution in [2.24, 2.45) is 0 Å². The third-order valence-corrected chi connectivity index (χ3v) is 1.76. The van der Waals surface area contributed by atoms with Crippen molar-refractivity contribution in [3.63, 3.8) is 0 Å². The molecule has 0 atom stereocenters. The highest BCUT2D eigenvalue weighted by molar-refractivity contribution is 5.84. The highest BCUT2D eigenvalue weighted by Gasteiger charge is 2.09. The Labute approximate surface area is 84.3 Å². The van der Waals surface area contributed by atoms with E-state index >= 15 is 0 Å². The summed E-state index contributed by atoms with van der Waals surface area (Å²) in [5.74, 6) is -0.402. The number of carbonyl (C=O) groups is 1. The van der Waals surface area contributed by atoms with Crippen molar-refractivity contribution in [3.05, 3.63) is 29.4 Å². The molecule has 2 aromatic heterocycles. The molecule has 7 nitrogen and oxygen atoms in total. The van der Waals surface area contributed by atoms with Gasteiger partial charge in [-0.1, -0.05) is 10.4 Å². The van der Waals surface area contributed by atoms with Crippen molar-refractivity contribution < 1.29 is 14.4 Å². The van der Waals surface area contributed by atoms with Crippen LogP contribution in [0, 0.1) is 6.92 Å². The van der Waals surface area contributed by atoms with Crippen molar-refractivity contribution >= 4 is 5.97 Å². The van der Waals surface area contributed by atoms with E-state index in [1.165, 1.54) is 10.9 Å². The molecule has 0 bridgehead atoms. The molecule has 2 heterocycles. The lowest BCUT2D eigenvalue weighted by molar-refractivity contribution is 0.0690. The van der Waals surface area contributed by atoms with Crippen LogP contribution in [0.4, 0.5) is 0 Å². The lowest BCUT2D eigenvalue weighted by atomic mass is 10.4. The number of aryl methyl sites for hydroxylation is 1. The third kappa shape index (κ3) is 2.01. The predicted molar refractivity (Wildman–Crippen MR) is 47.3 cm³/mol. The molecule has 0 aliphatic heterocycles. The molecule has 0 unspecified atom stereocenters. The number of nitrogens with zero attached hydrogens (tertiary/aromatic N) is 4. The molecule has 15 heavy (non-hydrogen) atoms. The zero-order valence-corrected chi connectivity index (χ0v) is 7.91. The first kappa shape index (κ1) is 9.38. The van der Waals surface area contributed by atoms with Crippen molar-refractivity contribution in [3.8, 4) is 0 Å². The van der Waals surface area contributed by atoms with Gasteiger partial charge >= 0.3 is 5.97 Å². The van der Waals surface area contributed by atoms with Crippen LogP contribution in [0.25, 0.3) is 0 Å². The summed E-state index contributed by atoms with van der Waals surface area (Å²) in [7, 11) is 0. The Kier molecular flexibility index (Phi) is 2.20. The lowest BCUT2D eigenvalue weighted by Gasteiger charge is -1.92. The minimum absolute atomic E-state index is 0.0878. The van der Waals surface area contributed by atoms with Gasteiger partial charge in [0.2, 0.25) is 0 Å². The minimum Gasteiger partial charge on any atom is -0.476 e. The molecule has 0 spiro atoms. The van der Waals surface area contributed by atoms with Gasteiger partial charge < -0.3 is 9.63 Å². The van der Waals surface area contributed by atoms with Gasteiger partial charge in [-0.15, -0.1) is 5.10 Å². The first-order chi connectivity index (χ1) is 7.15. The quantitative estimate of drug-likeness (QED) is 0.780. The first-order valence-electron chi connectivity index (χ1n) is 4.21. The van der Waals surface area contributed by atoms with Crippen LogP contribution in [0.15, 0.2) is 16.8 Å². The second-order valence-corrected chi connectivity index (χ2v) is 3.04. The summed E-state index contributed by atoms with van der Waals surface area (Å²) in [5, 5.41) is 19.5. The number of carboxylic acids is 1. The van der Waals surface area contributed by atoms with Gasteiger partial charge in [-0.25, -0.2) is 9.48 Å². The predicted octanol–water partition coefficient (Wildman–Crippen LogP) is 0.321. The van der Waals surface area contributed by atoms with E-state index in [0.29, 0.717) is 18.0 Å². The minimum atomic E-state index is -1.10. The van der Waals surface area contributed by atoms with Gasteiger partial charge in [-0.2, -0.15) is 0 Å². The molecule has 1 N–H and O–H groups in total. The van der Waals surface area contributed by atoms with Gasteiger partial charge in [0.05, 0.1) is 12.7 Å². The molecule has 0 saturated heterocycles. The topological polar surface area (TPSA) is 94.0 Å². The molecule has 0 amide bonds. The van der Waals surface area contributed by atoms with Crippen LogP contribution >= 0.6 is 0 Å². The Hall–Kier alpha value is -2.18. The molecule has 0 aromatic carbocycles. The lowest BCUT2D eigenvalue weighted by Crippen LogP contribution is -2.00. The average molecular weight is 208 g/mol. The molecule has 0 aliphatic rings. The molecular weight excluding hydrogens is 200 g/mol. The molecule has 2 aromatic rings. The van der Waals surface area contributed by atoms with Gasteiger partial charge in [0.1, 0.15) is 11.5 Å². The summed E-state index contributed by atoms with van der Waals surface area (Å²) in [6, 6.07) is 1.75. The molecule has 2 rings (SSSR count). The Morgan fingerprint density at radius 3 is 3.00 bits per heavy atom. The van der Waals surface area contributed by atoms with Crippen LogP contribution < -0.4 is 0 Å². The fourth-order valence-electron chi connectivity index (χ4n) is 1.13. The first-order valence-corrected chi connectivity index (χ1v) is 4.21. The Morgan fingerprint density at radius 1 is 1.67 bits per heavy atom. The summed E-state index contributed by atoms with van der Waals surface area (Å²) in [6.45, 7) is 2.12. The standard InChI is InChI=1S/C8H8N4O3/c1-5-2-6(10-15-5)3-12-4-7(8(13)14)9-11-12/h2,4H,3H2,1H3,(H,13,14). The normalized spacial score (nSPS) is 10.5. The molecule has 0 radical (unpaired) electrons. The van der Waals surface area contributed by atoms with Crippen LogP contribution in [-0.2, 0) is 6.54 Å². The molecule has 78 valence electrons. The third-order valence-electron chi connectivity index (χ3n) is 1.76. The number of aromatic carboxylic acids is 1.